The predicted octanol–water partition coefficient (Wildman–Crippen LogP) is 0.995. The first-order valence-electron chi connectivity index (χ1n) is 6.27. The van der Waals surface area contributed by atoms with Gasteiger partial charge in [-0.05, 0) is 20.3 Å². The van der Waals surface area contributed by atoms with Crippen LogP contribution in [0, 0.1) is 13.8 Å². The van der Waals surface area contributed by atoms with Gasteiger partial charge in [0.05, 0.1) is 12.1 Å². The molecule has 0 bridgehead atoms. The van der Waals surface area contributed by atoms with Crippen LogP contribution in [0.2, 0.25) is 0 Å². The van der Waals surface area contributed by atoms with Crippen LogP contribution in [0.3, 0.4) is 0 Å². The lowest BCUT2D eigenvalue weighted by atomic mass is 10.1. The lowest BCUT2D eigenvalue weighted by Gasteiger charge is -2.10. The van der Waals surface area contributed by atoms with Crippen LogP contribution >= 0.6 is 0 Å². The Balaban J connectivity index is 2.65. The molecule has 1 amide bonds. The normalized spacial score (nSPS) is 10.5. The fourth-order valence-electron chi connectivity index (χ4n) is 1.96. The standard InChI is InChI=1S/C13H21N3O3/c1-9-11(8-13(18)19)10(2)16(14-9)7-5-6-12(17)15(3)4/h5-8H2,1-4H3,(H,18,19). The summed E-state index contributed by atoms with van der Waals surface area (Å²) in [6, 6.07) is 0. The fourth-order valence-corrected chi connectivity index (χ4v) is 1.96. The number of carbonyl (C=O) groups excluding carboxylic acids is 1. The summed E-state index contributed by atoms with van der Waals surface area (Å²) < 4.78 is 1.79. The number of nitrogens with zero attached hydrogens (tertiary/aromatic N) is 3. The number of amides is 1. The number of carboxylic acids is 1. The molecular weight excluding hydrogens is 246 g/mol. The highest BCUT2D eigenvalue weighted by Crippen LogP contribution is 2.14. The van der Waals surface area contributed by atoms with Crippen molar-refractivity contribution in [2.24, 2.45) is 0 Å². The molecule has 1 aromatic rings. The average molecular weight is 267 g/mol. The van der Waals surface area contributed by atoms with Crippen LogP contribution in [0.5, 0.6) is 0 Å². The molecule has 0 aliphatic heterocycles. The van der Waals surface area contributed by atoms with Crippen molar-refractivity contribution in [1.82, 2.24) is 14.7 Å². The highest BCUT2D eigenvalue weighted by molar-refractivity contribution is 5.75. The molecule has 6 heteroatoms. The molecule has 1 aromatic heterocycles. The molecule has 0 aliphatic rings. The molecule has 1 N–H and O–H groups in total. The van der Waals surface area contributed by atoms with Crippen LogP contribution in [0.4, 0.5) is 0 Å². The van der Waals surface area contributed by atoms with E-state index in [0.29, 0.717) is 19.4 Å². The largest absolute Gasteiger partial charge is 0.481 e. The number of aromatic nitrogens is 2. The number of carbonyl (C=O) groups is 2. The highest BCUT2D eigenvalue weighted by Gasteiger charge is 2.14. The van der Waals surface area contributed by atoms with E-state index in [1.54, 1.807) is 23.7 Å². The molecule has 0 atom stereocenters. The second kappa shape index (κ2) is 6.36. The number of hydrogen-bond donors (Lipinski definition) is 1. The maximum Gasteiger partial charge on any atom is 0.307 e. The van der Waals surface area contributed by atoms with Crippen molar-refractivity contribution >= 4 is 11.9 Å². The summed E-state index contributed by atoms with van der Waals surface area (Å²) in [6.07, 6.45) is 1.17. The van der Waals surface area contributed by atoms with Crippen LogP contribution in [0.1, 0.15) is 29.8 Å². The molecule has 6 nitrogen and oxygen atoms in total. The molecule has 0 saturated heterocycles. The lowest BCUT2D eigenvalue weighted by Crippen LogP contribution is -2.21. The first kappa shape index (κ1) is 15.2. The molecule has 0 aromatic carbocycles. The van der Waals surface area contributed by atoms with Crippen LogP contribution in [0.25, 0.3) is 0 Å². The average Bonchev–Trinajstić information content (AvgIpc) is 2.56. The lowest BCUT2D eigenvalue weighted by molar-refractivity contribution is -0.136. The van der Waals surface area contributed by atoms with Gasteiger partial charge in [0.1, 0.15) is 0 Å². The molecule has 106 valence electrons. The van der Waals surface area contributed by atoms with Crippen LogP contribution in [-0.4, -0.2) is 45.8 Å². The Morgan fingerprint density at radius 2 is 1.95 bits per heavy atom. The Morgan fingerprint density at radius 3 is 2.47 bits per heavy atom. The van der Waals surface area contributed by atoms with Gasteiger partial charge in [0.25, 0.3) is 0 Å². The first-order valence-corrected chi connectivity index (χ1v) is 6.27. The zero-order valence-corrected chi connectivity index (χ0v) is 11.9. The number of rotatable bonds is 6. The Kier molecular flexibility index (Phi) is 5.09. The Morgan fingerprint density at radius 1 is 1.32 bits per heavy atom. The summed E-state index contributed by atoms with van der Waals surface area (Å²) in [5.74, 6) is -0.763. The van der Waals surface area contributed by atoms with Gasteiger partial charge in [-0.1, -0.05) is 0 Å². The van der Waals surface area contributed by atoms with Crippen LogP contribution in [0.15, 0.2) is 0 Å². The minimum absolute atomic E-state index is 0.00566. The second-order valence-electron chi connectivity index (χ2n) is 4.83. The van der Waals surface area contributed by atoms with E-state index in [1.165, 1.54) is 0 Å². The number of carboxylic acid groups (broad SMARTS) is 1. The topological polar surface area (TPSA) is 75.4 Å². The Bertz CT molecular complexity index is 478. The van der Waals surface area contributed by atoms with E-state index in [2.05, 4.69) is 5.10 Å². The van der Waals surface area contributed by atoms with Crippen LogP contribution in [-0.2, 0) is 22.6 Å². The van der Waals surface area contributed by atoms with Crippen molar-refractivity contribution in [3.8, 4) is 0 Å². The zero-order chi connectivity index (χ0) is 14.6. The predicted molar refractivity (Wildman–Crippen MR) is 71.0 cm³/mol. The molecular formula is C13H21N3O3. The first-order chi connectivity index (χ1) is 8.82. The smallest absolute Gasteiger partial charge is 0.307 e. The summed E-state index contributed by atoms with van der Waals surface area (Å²) in [5, 5.41) is 13.2. The fraction of sp³-hybridized carbons (Fsp3) is 0.615. The third-order valence-corrected chi connectivity index (χ3v) is 3.12. The minimum Gasteiger partial charge on any atom is -0.481 e. The molecule has 19 heavy (non-hydrogen) atoms. The van der Waals surface area contributed by atoms with E-state index in [-0.39, 0.29) is 12.3 Å². The van der Waals surface area contributed by atoms with E-state index in [4.69, 9.17) is 5.11 Å². The van der Waals surface area contributed by atoms with Crippen molar-refractivity contribution in [3.63, 3.8) is 0 Å². The van der Waals surface area contributed by atoms with Gasteiger partial charge in [0.2, 0.25) is 5.91 Å². The van der Waals surface area contributed by atoms with Gasteiger partial charge in [0, 0.05) is 38.3 Å². The SMILES string of the molecule is Cc1nn(CCCC(=O)N(C)C)c(C)c1CC(=O)O. The van der Waals surface area contributed by atoms with E-state index in [1.807, 2.05) is 13.8 Å². The van der Waals surface area contributed by atoms with Crippen molar-refractivity contribution in [1.29, 1.82) is 0 Å². The molecule has 0 saturated carbocycles. The van der Waals surface area contributed by atoms with Crippen molar-refractivity contribution in [3.05, 3.63) is 17.0 Å². The van der Waals surface area contributed by atoms with Gasteiger partial charge < -0.3 is 10.0 Å². The van der Waals surface area contributed by atoms with Crippen molar-refractivity contribution < 1.29 is 14.7 Å². The number of hydrogen-bond acceptors (Lipinski definition) is 3. The van der Waals surface area contributed by atoms with E-state index >= 15 is 0 Å². The summed E-state index contributed by atoms with van der Waals surface area (Å²) in [4.78, 5) is 23.8. The van der Waals surface area contributed by atoms with Gasteiger partial charge >= 0.3 is 5.97 Å². The molecule has 0 fully saturated rings. The summed E-state index contributed by atoms with van der Waals surface area (Å²) in [7, 11) is 3.47. The molecule has 0 aliphatic carbocycles. The van der Waals surface area contributed by atoms with Gasteiger partial charge in [0.15, 0.2) is 0 Å². The summed E-state index contributed by atoms with van der Waals surface area (Å²) in [5.41, 5.74) is 2.39. The molecule has 0 spiro atoms. The Labute approximate surface area is 113 Å². The van der Waals surface area contributed by atoms with E-state index < -0.39 is 5.97 Å². The van der Waals surface area contributed by atoms with Crippen LogP contribution < -0.4 is 0 Å². The van der Waals surface area contributed by atoms with Crippen molar-refractivity contribution in [2.45, 2.75) is 39.7 Å². The Hall–Kier alpha value is -1.85. The maximum absolute atomic E-state index is 11.5. The van der Waals surface area contributed by atoms with Gasteiger partial charge in [-0.2, -0.15) is 5.10 Å². The van der Waals surface area contributed by atoms with Gasteiger partial charge in [-0.3, -0.25) is 14.3 Å². The molecule has 0 unspecified atom stereocenters. The highest BCUT2D eigenvalue weighted by atomic mass is 16.4. The number of aliphatic carboxylic acids is 1. The zero-order valence-electron chi connectivity index (χ0n) is 11.9. The molecule has 0 radical (unpaired) electrons. The number of aryl methyl sites for hydroxylation is 2. The molecule has 1 rings (SSSR count). The second-order valence-corrected chi connectivity index (χ2v) is 4.83. The van der Waals surface area contributed by atoms with Gasteiger partial charge in [-0.25, -0.2) is 0 Å². The van der Waals surface area contributed by atoms with Gasteiger partial charge in [-0.15, -0.1) is 0 Å². The third-order valence-electron chi connectivity index (χ3n) is 3.12. The maximum atomic E-state index is 11.5. The summed E-state index contributed by atoms with van der Waals surface area (Å²) >= 11 is 0. The monoisotopic (exact) mass is 267 g/mol. The van der Waals surface area contributed by atoms with Crippen molar-refractivity contribution in [2.75, 3.05) is 14.1 Å². The van der Waals surface area contributed by atoms with E-state index in [0.717, 1.165) is 17.0 Å². The minimum atomic E-state index is -0.853. The third kappa shape index (κ3) is 4.08. The summed E-state index contributed by atoms with van der Waals surface area (Å²) in [6.45, 7) is 4.31. The molecule has 1 heterocycles. The van der Waals surface area contributed by atoms with E-state index in [9.17, 15) is 9.59 Å². The quantitative estimate of drug-likeness (QED) is 0.834.